The van der Waals surface area contributed by atoms with Crippen LogP contribution in [0.2, 0.25) is 0 Å². The Bertz CT molecular complexity index is 506. The average molecular weight is 354 g/mol. The Labute approximate surface area is 149 Å². The molecule has 0 N–H and O–H groups in total. The summed E-state index contributed by atoms with van der Waals surface area (Å²) in [7, 11) is 1.73. The number of amides is 2. The molecule has 142 valence electrons. The standard InChI is InChI=1S/C18H30N2O5/c1-6-11-23-15(21)19(5)14-12-18(24-13-14)7-9-20(10-8-18)16(22)25-17(2,3)4/h6,14H,1,7-13H2,2-5H3. The van der Waals surface area contributed by atoms with Crippen LogP contribution >= 0.6 is 0 Å². The predicted molar refractivity (Wildman–Crippen MR) is 93.4 cm³/mol. The molecule has 1 unspecified atom stereocenters. The molecular formula is C18H30N2O5. The highest BCUT2D eigenvalue weighted by atomic mass is 16.6. The van der Waals surface area contributed by atoms with Crippen LogP contribution in [-0.2, 0) is 14.2 Å². The van der Waals surface area contributed by atoms with E-state index in [1.165, 1.54) is 0 Å². The minimum absolute atomic E-state index is 0.00890. The number of carbonyl (C=O) groups excluding carboxylic acids is 2. The maximum absolute atomic E-state index is 12.2. The highest BCUT2D eigenvalue weighted by Gasteiger charge is 2.45. The van der Waals surface area contributed by atoms with Crippen LogP contribution in [0.3, 0.4) is 0 Å². The molecule has 0 aromatic rings. The molecule has 0 saturated carbocycles. The lowest BCUT2D eigenvalue weighted by Gasteiger charge is -2.39. The number of piperidine rings is 1. The summed E-state index contributed by atoms with van der Waals surface area (Å²) in [6.07, 6.45) is 3.16. The van der Waals surface area contributed by atoms with Crippen LogP contribution in [0.15, 0.2) is 12.7 Å². The lowest BCUT2D eigenvalue weighted by molar-refractivity contribution is -0.0488. The predicted octanol–water partition coefficient (Wildman–Crippen LogP) is 2.80. The van der Waals surface area contributed by atoms with Crippen molar-refractivity contribution in [3.8, 4) is 0 Å². The summed E-state index contributed by atoms with van der Waals surface area (Å²) < 4.78 is 16.6. The molecule has 1 atom stereocenters. The van der Waals surface area contributed by atoms with Crippen LogP contribution in [0.5, 0.6) is 0 Å². The number of ether oxygens (including phenoxy) is 3. The Hall–Kier alpha value is -1.76. The van der Waals surface area contributed by atoms with E-state index in [0.29, 0.717) is 19.7 Å². The molecule has 2 aliphatic heterocycles. The molecular weight excluding hydrogens is 324 g/mol. The summed E-state index contributed by atoms with van der Waals surface area (Å²) in [5, 5.41) is 0. The van der Waals surface area contributed by atoms with Crippen LogP contribution < -0.4 is 0 Å². The monoisotopic (exact) mass is 354 g/mol. The zero-order valence-electron chi connectivity index (χ0n) is 15.7. The summed E-state index contributed by atoms with van der Waals surface area (Å²) in [4.78, 5) is 27.5. The van der Waals surface area contributed by atoms with Gasteiger partial charge in [-0.25, -0.2) is 9.59 Å². The van der Waals surface area contributed by atoms with Crippen molar-refractivity contribution in [2.75, 3.05) is 33.4 Å². The lowest BCUT2D eigenvalue weighted by Crippen LogP contribution is -2.48. The first-order chi connectivity index (χ1) is 11.7. The Morgan fingerprint density at radius 3 is 2.56 bits per heavy atom. The van der Waals surface area contributed by atoms with Gasteiger partial charge in [0.15, 0.2) is 0 Å². The first-order valence-corrected chi connectivity index (χ1v) is 8.78. The summed E-state index contributed by atoms with van der Waals surface area (Å²) in [6.45, 7) is 11.0. The van der Waals surface area contributed by atoms with Gasteiger partial charge < -0.3 is 24.0 Å². The Kier molecular flexibility index (Phi) is 5.98. The molecule has 0 aromatic heterocycles. The van der Waals surface area contributed by atoms with Crippen molar-refractivity contribution >= 4 is 12.2 Å². The van der Waals surface area contributed by atoms with E-state index < -0.39 is 5.60 Å². The summed E-state index contributed by atoms with van der Waals surface area (Å²) in [5.74, 6) is 0. The van der Waals surface area contributed by atoms with E-state index in [0.717, 1.165) is 19.3 Å². The van der Waals surface area contributed by atoms with Gasteiger partial charge in [-0.05, 0) is 40.0 Å². The molecule has 2 aliphatic rings. The van der Waals surface area contributed by atoms with E-state index in [-0.39, 0.29) is 30.4 Å². The van der Waals surface area contributed by atoms with E-state index in [1.54, 1.807) is 22.9 Å². The molecule has 0 bridgehead atoms. The van der Waals surface area contributed by atoms with Crippen LogP contribution in [0.25, 0.3) is 0 Å². The average Bonchev–Trinajstić information content (AvgIpc) is 2.94. The van der Waals surface area contributed by atoms with Gasteiger partial charge in [-0.15, -0.1) is 0 Å². The Morgan fingerprint density at radius 2 is 2.00 bits per heavy atom. The number of nitrogens with zero attached hydrogens (tertiary/aromatic N) is 2. The van der Waals surface area contributed by atoms with Gasteiger partial charge in [0, 0.05) is 20.1 Å². The zero-order chi connectivity index (χ0) is 18.7. The minimum Gasteiger partial charge on any atom is -0.445 e. The normalized spacial score (nSPS) is 22.6. The number of hydrogen-bond donors (Lipinski definition) is 0. The van der Waals surface area contributed by atoms with E-state index in [2.05, 4.69) is 6.58 Å². The molecule has 0 aliphatic carbocycles. The third kappa shape index (κ3) is 5.11. The van der Waals surface area contributed by atoms with Gasteiger partial charge in [0.2, 0.25) is 0 Å². The van der Waals surface area contributed by atoms with Gasteiger partial charge in [0.05, 0.1) is 18.2 Å². The highest BCUT2D eigenvalue weighted by molar-refractivity contribution is 5.68. The van der Waals surface area contributed by atoms with Crippen LogP contribution in [0.4, 0.5) is 9.59 Å². The quantitative estimate of drug-likeness (QED) is 0.729. The number of likely N-dealkylation sites (N-methyl/N-ethyl adjacent to an activating group) is 1. The molecule has 2 saturated heterocycles. The van der Waals surface area contributed by atoms with Gasteiger partial charge in [-0.1, -0.05) is 12.7 Å². The van der Waals surface area contributed by atoms with Crippen LogP contribution in [0, 0.1) is 0 Å². The molecule has 0 aromatic carbocycles. The van der Waals surface area contributed by atoms with Crippen molar-refractivity contribution in [2.24, 2.45) is 0 Å². The number of hydrogen-bond acceptors (Lipinski definition) is 5. The second-order valence-electron chi connectivity index (χ2n) is 7.80. The van der Waals surface area contributed by atoms with Crippen molar-refractivity contribution in [3.63, 3.8) is 0 Å². The van der Waals surface area contributed by atoms with E-state index in [1.807, 2.05) is 20.8 Å². The Balaban J connectivity index is 1.85. The van der Waals surface area contributed by atoms with Crippen molar-refractivity contribution in [3.05, 3.63) is 12.7 Å². The fraction of sp³-hybridized carbons (Fsp3) is 0.778. The third-order valence-corrected chi connectivity index (χ3v) is 4.68. The van der Waals surface area contributed by atoms with Gasteiger partial charge in [-0.3, -0.25) is 0 Å². The van der Waals surface area contributed by atoms with Crippen LogP contribution in [0.1, 0.15) is 40.0 Å². The third-order valence-electron chi connectivity index (χ3n) is 4.68. The van der Waals surface area contributed by atoms with Gasteiger partial charge in [0.25, 0.3) is 0 Å². The smallest absolute Gasteiger partial charge is 0.410 e. The first-order valence-electron chi connectivity index (χ1n) is 8.78. The van der Waals surface area contributed by atoms with E-state index in [4.69, 9.17) is 14.2 Å². The minimum atomic E-state index is -0.490. The second kappa shape index (κ2) is 7.64. The maximum atomic E-state index is 12.2. The van der Waals surface area contributed by atoms with Crippen LogP contribution in [-0.4, -0.2) is 72.6 Å². The van der Waals surface area contributed by atoms with Crippen molar-refractivity contribution in [1.82, 2.24) is 9.80 Å². The molecule has 2 rings (SSSR count). The van der Waals surface area contributed by atoms with Crippen molar-refractivity contribution in [2.45, 2.75) is 57.3 Å². The topological polar surface area (TPSA) is 68.3 Å². The summed E-state index contributed by atoms with van der Waals surface area (Å²) in [6, 6.07) is -0.00890. The molecule has 7 heteroatoms. The zero-order valence-corrected chi connectivity index (χ0v) is 15.7. The number of rotatable bonds is 3. The summed E-state index contributed by atoms with van der Waals surface area (Å²) >= 11 is 0. The maximum Gasteiger partial charge on any atom is 0.410 e. The van der Waals surface area contributed by atoms with Crippen molar-refractivity contribution < 1.29 is 23.8 Å². The molecule has 2 fully saturated rings. The van der Waals surface area contributed by atoms with E-state index in [9.17, 15) is 9.59 Å². The van der Waals surface area contributed by atoms with Gasteiger partial charge in [0.1, 0.15) is 12.2 Å². The summed E-state index contributed by atoms with van der Waals surface area (Å²) in [5.41, 5.74) is -0.758. The molecule has 2 amide bonds. The second-order valence-corrected chi connectivity index (χ2v) is 7.80. The fourth-order valence-corrected chi connectivity index (χ4v) is 3.22. The van der Waals surface area contributed by atoms with Gasteiger partial charge >= 0.3 is 12.2 Å². The SMILES string of the molecule is C=CCOC(=O)N(C)C1COC2(CCN(C(=O)OC(C)(C)C)CC2)C1. The van der Waals surface area contributed by atoms with Crippen molar-refractivity contribution in [1.29, 1.82) is 0 Å². The number of carbonyl (C=O) groups is 2. The lowest BCUT2D eigenvalue weighted by atomic mass is 9.87. The fourth-order valence-electron chi connectivity index (χ4n) is 3.22. The molecule has 1 spiro atoms. The Morgan fingerprint density at radius 1 is 1.36 bits per heavy atom. The van der Waals surface area contributed by atoms with E-state index >= 15 is 0 Å². The number of likely N-dealkylation sites (tertiary alicyclic amines) is 1. The highest BCUT2D eigenvalue weighted by Crippen LogP contribution is 2.37. The first kappa shape index (κ1) is 19.6. The molecule has 2 heterocycles. The molecule has 7 nitrogen and oxygen atoms in total. The largest absolute Gasteiger partial charge is 0.445 e. The molecule has 25 heavy (non-hydrogen) atoms. The van der Waals surface area contributed by atoms with Gasteiger partial charge in [-0.2, -0.15) is 0 Å². The molecule has 0 radical (unpaired) electrons.